The first-order chi connectivity index (χ1) is 24.8. The maximum absolute atomic E-state index is 2.50. The van der Waals surface area contributed by atoms with Gasteiger partial charge in [-0.25, -0.2) is 0 Å². The van der Waals surface area contributed by atoms with Gasteiger partial charge in [-0.1, -0.05) is 158 Å². The maximum atomic E-state index is 2.50. The Morgan fingerprint density at radius 2 is 0.940 bits per heavy atom. The van der Waals surface area contributed by atoms with E-state index in [9.17, 15) is 0 Å². The molecule has 0 aliphatic heterocycles. The summed E-state index contributed by atoms with van der Waals surface area (Å²) in [6.07, 6.45) is 0. The highest BCUT2D eigenvalue weighted by Crippen LogP contribution is 2.59. The first-order valence-corrected chi connectivity index (χ1v) is 17.4. The van der Waals surface area contributed by atoms with Gasteiger partial charge in [0, 0.05) is 16.2 Å². The van der Waals surface area contributed by atoms with E-state index in [-0.39, 0.29) is 0 Å². The minimum atomic E-state index is -0.562. The molecule has 0 atom stereocenters. The molecule has 0 bridgehead atoms. The fourth-order valence-corrected chi connectivity index (χ4v) is 9.13. The van der Waals surface area contributed by atoms with E-state index in [1.807, 2.05) is 0 Å². The predicted molar refractivity (Wildman–Crippen MR) is 211 cm³/mol. The van der Waals surface area contributed by atoms with Gasteiger partial charge in [0.05, 0.1) is 22.1 Å². The maximum Gasteiger partial charge on any atom is 0.0720 e. The lowest BCUT2D eigenvalue weighted by atomic mass is 9.66. The molecular weight excluding hydrogens is 603 g/mol. The summed E-state index contributed by atoms with van der Waals surface area (Å²) in [4.78, 5) is 0. The van der Waals surface area contributed by atoms with Crippen molar-refractivity contribution in [2.45, 2.75) is 5.41 Å². The Hall–Kier alpha value is -6.44. The topological polar surface area (TPSA) is 4.93 Å². The van der Waals surface area contributed by atoms with Crippen molar-refractivity contribution in [1.82, 2.24) is 4.57 Å². The molecule has 1 aliphatic carbocycles. The molecule has 0 radical (unpaired) electrons. The van der Waals surface area contributed by atoms with Crippen LogP contribution in [-0.2, 0) is 5.41 Å². The van der Waals surface area contributed by atoms with Crippen molar-refractivity contribution in [2.75, 3.05) is 0 Å². The van der Waals surface area contributed by atoms with E-state index in [2.05, 4.69) is 193 Å². The minimum absolute atomic E-state index is 0.562. The van der Waals surface area contributed by atoms with Gasteiger partial charge in [-0.05, 0) is 90.6 Å². The number of rotatable bonds is 3. The lowest BCUT2D eigenvalue weighted by molar-refractivity contribution is 0.779. The van der Waals surface area contributed by atoms with Crippen LogP contribution in [0.3, 0.4) is 0 Å². The standard InChI is InChI=1S/C49H31N/c1-3-15-35-30-37(26-24-32(35)12-1)49(38-27-25-33-13-2-4-16-36(33)31-38)43-21-9-7-19-40(43)41-28-29-46-47(48(41)49)42-20-8-10-22-45(42)50(46)44-23-11-17-34-14-5-6-18-39(34)44/h1-31H. The Kier molecular flexibility index (Phi) is 5.66. The molecule has 9 aromatic carbocycles. The summed E-state index contributed by atoms with van der Waals surface area (Å²) >= 11 is 0. The van der Waals surface area contributed by atoms with E-state index in [4.69, 9.17) is 0 Å². The number of benzene rings is 9. The zero-order chi connectivity index (χ0) is 32.8. The Morgan fingerprint density at radius 3 is 1.68 bits per heavy atom. The summed E-state index contributed by atoms with van der Waals surface area (Å²) < 4.78 is 2.50. The van der Waals surface area contributed by atoms with Gasteiger partial charge < -0.3 is 4.57 Å². The summed E-state index contributed by atoms with van der Waals surface area (Å²) in [6, 6.07) is 70.1. The number of hydrogen-bond acceptors (Lipinski definition) is 0. The quantitative estimate of drug-likeness (QED) is 0.182. The second-order valence-corrected chi connectivity index (χ2v) is 13.7. The fourth-order valence-electron chi connectivity index (χ4n) is 9.13. The molecule has 0 saturated heterocycles. The molecule has 232 valence electrons. The molecule has 0 N–H and O–H groups in total. The van der Waals surface area contributed by atoms with Crippen molar-refractivity contribution < 1.29 is 0 Å². The first kappa shape index (κ1) is 27.5. The van der Waals surface area contributed by atoms with Crippen molar-refractivity contribution in [3.8, 4) is 16.8 Å². The normalized spacial score (nSPS) is 13.4. The number of fused-ring (bicyclic) bond motifs is 10. The lowest BCUT2D eigenvalue weighted by Gasteiger charge is -2.35. The molecule has 50 heavy (non-hydrogen) atoms. The third-order valence-corrected chi connectivity index (χ3v) is 11.2. The highest BCUT2D eigenvalue weighted by Gasteiger charge is 2.48. The van der Waals surface area contributed by atoms with E-state index in [0.29, 0.717) is 0 Å². The lowest BCUT2D eigenvalue weighted by Crippen LogP contribution is -2.29. The third kappa shape index (κ3) is 3.61. The molecule has 1 nitrogen and oxygen atoms in total. The van der Waals surface area contributed by atoms with Crippen LogP contribution >= 0.6 is 0 Å². The van der Waals surface area contributed by atoms with Gasteiger partial charge in [0.25, 0.3) is 0 Å². The molecule has 10 aromatic rings. The Morgan fingerprint density at radius 1 is 0.360 bits per heavy atom. The number of para-hydroxylation sites is 1. The molecule has 1 aliphatic rings. The Bertz CT molecular complexity index is 2910. The van der Waals surface area contributed by atoms with E-state index in [1.165, 1.54) is 93.2 Å². The van der Waals surface area contributed by atoms with Crippen molar-refractivity contribution in [3.05, 3.63) is 210 Å². The smallest absolute Gasteiger partial charge is 0.0720 e. The van der Waals surface area contributed by atoms with E-state index in [0.717, 1.165) is 0 Å². The van der Waals surface area contributed by atoms with Crippen LogP contribution in [0.25, 0.3) is 70.9 Å². The highest BCUT2D eigenvalue weighted by molar-refractivity contribution is 6.16. The summed E-state index contributed by atoms with van der Waals surface area (Å²) in [7, 11) is 0. The van der Waals surface area contributed by atoms with Gasteiger partial charge in [-0.15, -0.1) is 0 Å². The van der Waals surface area contributed by atoms with Crippen LogP contribution < -0.4 is 0 Å². The van der Waals surface area contributed by atoms with Gasteiger partial charge in [-0.2, -0.15) is 0 Å². The van der Waals surface area contributed by atoms with Crippen molar-refractivity contribution in [2.24, 2.45) is 0 Å². The molecule has 1 heterocycles. The largest absolute Gasteiger partial charge is 0.309 e. The minimum Gasteiger partial charge on any atom is -0.309 e. The summed E-state index contributed by atoms with van der Waals surface area (Å²) in [5.74, 6) is 0. The van der Waals surface area contributed by atoms with Crippen LogP contribution in [0.15, 0.2) is 188 Å². The van der Waals surface area contributed by atoms with Crippen LogP contribution in [-0.4, -0.2) is 4.57 Å². The zero-order valence-corrected chi connectivity index (χ0v) is 27.3. The van der Waals surface area contributed by atoms with E-state index in [1.54, 1.807) is 0 Å². The number of hydrogen-bond donors (Lipinski definition) is 0. The van der Waals surface area contributed by atoms with E-state index >= 15 is 0 Å². The molecule has 1 aromatic heterocycles. The monoisotopic (exact) mass is 633 g/mol. The molecule has 0 saturated carbocycles. The molecule has 1 heteroatoms. The van der Waals surface area contributed by atoms with Crippen molar-refractivity contribution in [1.29, 1.82) is 0 Å². The van der Waals surface area contributed by atoms with Crippen molar-refractivity contribution >= 4 is 54.1 Å². The molecule has 11 rings (SSSR count). The van der Waals surface area contributed by atoms with Gasteiger partial charge >= 0.3 is 0 Å². The summed E-state index contributed by atoms with van der Waals surface area (Å²) in [5.41, 5.74) is 10.9. The van der Waals surface area contributed by atoms with Crippen LogP contribution in [0.5, 0.6) is 0 Å². The fraction of sp³-hybridized carbons (Fsp3) is 0.0204. The van der Waals surface area contributed by atoms with Gasteiger partial charge in [-0.3, -0.25) is 0 Å². The van der Waals surface area contributed by atoms with Crippen LogP contribution in [0.1, 0.15) is 22.3 Å². The Balaban J connectivity index is 1.36. The summed E-state index contributed by atoms with van der Waals surface area (Å²) in [6.45, 7) is 0. The third-order valence-electron chi connectivity index (χ3n) is 11.2. The molecule has 0 spiro atoms. The number of nitrogens with zero attached hydrogens (tertiary/aromatic N) is 1. The average molecular weight is 634 g/mol. The van der Waals surface area contributed by atoms with Gasteiger partial charge in [0.15, 0.2) is 0 Å². The second-order valence-electron chi connectivity index (χ2n) is 13.7. The number of aromatic nitrogens is 1. The molecule has 0 fully saturated rings. The molecular formula is C49H31N. The van der Waals surface area contributed by atoms with Crippen LogP contribution in [0.4, 0.5) is 0 Å². The average Bonchev–Trinajstić information content (AvgIpc) is 3.68. The van der Waals surface area contributed by atoms with Crippen molar-refractivity contribution in [3.63, 3.8) is 0 Å². The van der Waals surface area contributed by atoms with E-state index < -0.39 is 5.41 Å². The predicted octanol–water partition coefficient (Wildman–Crippen LogP) is 12.6. The van der Waals surface area contributed by atoms with Crippen LogP contribution in [0.2, 0.25) is 0 Å². The van der Waals surface area contributed by atoms with Gasteiger partial charge in [0.1, 0.15) is 0 Å². The first-order valence-electron chi connectivity index (χ1n) is 17.4. The molecule has 0 amide bonds. The highest BCUT2D eigenvalue weighted by atomic mass is 15.0. The molecule has 0 unspecified atom stereocenters. The summed E-state index contributed by atoms with van der Waals surface area (Å²) in [5, 5.41) is 10.1. The van der Waals surface area contributed by atoms with Crippen LogP contribution in [0, 0.1) is 0 Å². The Labute approximate surface area is 290 Å². The SMILES string of the molecule is c1ccc2c(c1)-c1ccc3c(c1C2(c1ccc2ccccc2c1)c1ccc2ccccc2c1)c1ccccc1n3-c1cccc2ccccc12. The van der Waals surface area contributed by atoms with Gasteiger partial charge in [0.2, 0.25) is 0 Å². The zero-order valence-electron chi connectivity index (χ0n) is 27.3. The second kappa shape index (κ2) is 10.3.